The normalized spacial score (nSPS) is 61.4. The Labute approximate surface area is 77.4 Å². The molecule has 0 spiro atoms. The molecule has 70 valence electrons. The summed E-state index contributed by atoms with van der Waals surface area (Å²) in [4.78, 5) is 1.10. The zero-order valence-electron chi connectivity index (χ0n) is 7.70. The molecule has 6 fully saturated rings. The van der Waals surface area contributed by atoms with Gasteiger partial charge in [-0.1, -0.05) is 4.86 Å². The summed E-state index contributed by atoms with van der Waals surface area (Å²) in [6.45, 7) is 0. The quantitative estimate of drug-likeness (QED) is 0.362. The fourth-order valence-electron chi connectivity index (χ4n) is 3.52. The molecule has 0 N–H and O–H groups in total. The van der Waals surface area contributed by atoms with Crippen LogP contribution in [0.2, 0.25) is 0 Å². The maximum atomic E-state index is 11.8. The highest BCUT2D eigenvalue weighted by Crippen LogP contribution is 2.62. The first-order valence-electron chi connectivity index (χ1n) is 5.40. The van der Waals surface area contributed by atoms with Crippen molar-refractivity contribution >= 4 is 0 Å². The molecule has 6 aliphatic carbocycles. The van der Waals surface area contributed by atoms with Crippen molar-refractivity contribution < 1.29 is 4.86 Å². The lowest BCUT2D eigenvalue weighted by Gasteiger charge is -2.59. The van der Waals surface area contributed by atoms with E-state index in [1.165, 1.54) is 19.3 Å². The Morgan fingerprint density at radius 2 is 1.54 bits per heavy atom. The molecule has 0 saturated heterocycles. The van der Waals surface area contributed by atoms with E-state index in [9.17, 15) is 5.21 Å². The summed E-state index contributed by atoms with van der Waals surface area (Å²) in [5.41, 5.74) is 0.141. The van der Waals surface area contributed by atoms with E-state index in [2.05, 4.69) is 5.11 Å². The van der Waals surface area contributed by atoms with E-state index in [1.54, 1.807) is 0 Å². The van der Waals surface area contributed by atoms with E-state index in [-0.39, 0.29) is 11.1 Å². The number of rotatable bonds is 2. The molecule has 0 atom stereocenters. The molecule has 0 amide bonds. The maximum absolute atomic E-state index is 11.8. The first kappa shape index (κ1) is 6.80. The summed E-state index contributed by atoms with van der Waals surface area (Å²) < 4.78 is 0. The molecule has 0 aromatic heterocycles. The molecule has 0 unspecified atom stereocenters. The van der Waals surface area contributed by atoms with Crippen LogP contribution in [0.5, 0.6) is 0 Å². The standard InChI is InChI=1S/C10H14N2O/c13-12(10-4-8(5-10)6-10)11-9-1-7(2-9)3-9/h7-8H,1-6H2. The van der Waals surface area contributed by atoms with Crippen LogP contribution in [-0.2, 0) is 0 Å². The predicted octanol–water partition coefficient (Wildman–Crippen LogP) is 2.05. The maximum Gasteiger partial charge on any atom is 0.199 e. The summed E-state index contributed by atoms with van der Waals surface area (Å²) in [5, 5.41) is 16.2. The van der Waals surface area contributed by atoms with Crippen LogP contribution in [0.1, 0.15) is 38.5 Å². The Bertz CT molecular complexity index is 289. The van der Waals surface area contributed by atoms with Crippen molar-refractivity contribution in [1.29, 1.82) is 0 Å². The van der Waals surface area contributed by atoms with Crippen LogP contribution in [0.3, 0.4) is 0 Å². The van der Waals surface area contributed by atoms with E-state index in [0.29, 0.717) is 0 Å². The van der Waals surface area contributed by atoms with E-state index in [4.69, 9.17) is 0 Å². The van der Waals surface area contributed by atoms with Gasteiger partial charge in [0, 0.05) is 19.3 Å². The minimum atomic E-state index is 0.0000926. The van der Waals surface area contributed by atoms with Gasteiger partial charge in [-0.25, -0.2) is 0 Å². The van der Waals surface area contributed by atoms with Crippen LogP contribution >= 0.6 is 0 Å². The highest BCUT2D eigenvalue weighted by molar-refractivity contribution is 5.13. The third kappa shape index (κ3) is 0.617. The summed E-state index contributed by atoms with van der Waals surface area (Å²) in [5.74, 6) is 1.80. The molecule has 6 aliphatic rings. The Kier molecular flexibility index (Phi) is 0.858. The number of azo groups is 1. The number of nitrogens with zero attached hydrogens (tertiary/aromatic N) is 2. The van der Waals surface area contributed by atoms with Gasteiger partial charge in [0.05, 0.1) is 0 Å². The van der Waals surface area contributed by atoms with Crippen molar-refractivity contribution in [2.45, 2.75) is 49.6 Å². The highest BCUT2D eigenvalue weighted by Gasteiger charge is 2.67. The van der Waals surface area contributed by atoms with Gasteiger partial charge in [-0.2, -0.15) is 0 Å². The fraction of sp³-hybridized carbons (Fsp3) is 1.00. The van der Waals surface area contributed by atoms with Crippen LogP contribution in [0.15, 0.2) is 5.11 Å². The van der Waals surface area contributed by atoms with Gasteiger partial charge in [-0.05, 0) is 36.2 Å². The van der Waals surface area contributed by atoms with Crippen molar-refractivity contribution in [3.63, 3.8) is 0 Å². The number of hydrogen-bond donors (Lipinski definition) is 0. The first-order valence-corrected chi connectivity index (χ1v) is 5.40. The van der Waals surface area contributed by atoms with Crippen LogP contribution < -0.4 is 0 Å². The summed E-state index contributed by atoms with van der Waals surface area (Å²) in [7, 11) is 0. The SMILES string of the molecule is [O-][N+](=NC12CC(C1)C2)C12CC(C1)C2. The summed E-state index contributed by atoms with van der Waals surface area (Å²) in [6, 6.07) is 0. The van der Waals surface area contributed by atoms with E-state index >= 15 is 0 Å². The molecule has 0 aromatic carbocycles. The van der Waals surface area contributed by atoms with E-state index in [0.717, 1.165) is 36.0 Å². The highest BCUT2D eigenvalue weighted by atomic mass is 16.5. The molecule has 0 heterocycles. The molecular formula is C10H14N2O. The summed E-state index contributed by atoms with van der Waals surface area (Å²) >= 11 is 0. The molecule has 6 rings (SSSR count). The lowest BCUT2D eigenvalue weighted by atomic mass is 9.49. The number of hydrogen-bond acceptors (Lipinski definition) is 2. The van der Waals surface area contributed by atoms with Crippen molar-refractivity contribution in [2.75, 3.05) is 0 Å². The first-order chi connectivity index (χ1) is 6.20. The monoisotopic (exact) mass is 178 g/mol. The smallest absolute Gasteiger partial charge is 0.199 e. The van der Waals surface area contributed by atoms with Gasteiger partial charge in [0.15, 0.2) is 5.54 Å². The molecule has 6 saturated carbocycles. The predicted molar refractivity (Wildman–Crippen MR) is 46.2 cm³/mol. The van der Waals surface area contributed by atoms with Crippen LogP contribution in [0, 0.1) is 17.0 Å². The van der Waals surface area contributed by atoms with Gasteiger partial charge in [0.1, 0.15) is 5.54 Å². The second-order valence-electron chi connectivity index (χ2n) is 5.78. The zero-order chi connectivity index (χ0) is 8.68. The summed E-state index contributed by atoms with van der Waals surface area (Å²) in [6.07, 6.45) is 6.97. The second kappa shape index (κ2) is 1.64. The Hall–Kier alpha value is -0.600. The lowest BCUT2D eigenvalue weighted by molar-refractivity contribution is -0.668. The molecule has 0 aromatic rings. The van der Waals surface area contributed by atoms with Gasteiger partial charge in [0.25, 0.3) is 0 Å². The average molecular weight is 178 g/mol. The topological polar surface area (TPSA) is 38.4 Å². The molecule has 0 aliphatic heterocycles. The molecule has 3 heteroatoms. The van der Waals surface area contributed by atoms with Crippen molar-refractivity contribution in [1.82, 2.24) is 0 Å². The molecule has 3 nitrogen and oxygen atoms in total. The molecule has 13 heavy (non-hydrogen) atoms. The van der Waals surface area contributed by atoms with Crippen LogP contribution in [0.4, 0.5) is 0 Å². The van der Waals surface area contributed by atoms with Crippen molar-refractivity contribution in [3.05, 3.63) is 5.21 Å². The van der Waals surface area contributed by atoms with E-state index in [1.807, 2.05) is 0 Å². The van der Waals surface area contributed by atoms with Crippen LogP contribution in [-0.4, -0.2) is 15.9 Å². The third-order valence-corrected chi connectivity index (χ3v) is 4.72. The average Bonchev–Trinajstić information content (AvgIpc) is 1.66. The third-order valence-electron chi connectivity index (χ3n) is 4.72. The van der Waals surface area contributed by atoms with Crippen molar-refractivity contribution in [2.24, 2.45) is 17.0 Å². The Morgan fingerprint density at radius 1 is 1.00 bits per heavy atom. The van der Waals surface area contributed by atoms with Crippen LogP contribution in [0.25, 0.3) is 0 Å². The molecule has 4 bridgehead atoms. The largest absolute Gasteiger partial charge is 0.599 e. The van der Waals surface area contributed by atoms with Gasteiger partial charge in [-0.3, -0.25) is 0 Å². The van der Waals surface area contributed by atoms with Gasteiger partial charge in [-0.15, -0.1) is 0 Å². The van der Waals surface area contributed by atoms with Gasteiger partial charge < -0.3 is 5.21 Å². The van der Waals surface area contributed by atoms with E-state index < -0.39 is 0 Å². The minimum Gasteiger partial charge on any atom is -0.599 e. The van der Waals surface area contributed by atoms with Crippen molar-refractivity contribution in [3.8, 4) is 0 Å². The fourth-order valence-corrected chi connectivity index (χ4v) is 3.52. The zero-order valence-corrected chi connectivity index (χ0v) is 7.70. The minimum absolute atomic E-state index is 0.0000926. The molecular weight excluding hydrogens is 164 g/mol. The van der Waals surface area contributed by atoms with Gasteiger partial charge in [0.2, 0.25) is 0 Å². The lowest BCUT2D eigenvalue weighted by Crippen LogP contribution is -2.65. The molecule has 0 radical (unpaired) electrons. The number of hydroxylamine groups is 1. The Morgan fingerprint density at radius 3 is 1.85 bits per heavy atom. The Balaban J connectivity index is 1.59. The van der Waals surface area contributed by atoms with Gasteiger partial charge >= 0.3 is 0 Å². The second-order valence-corrected chi connectivity index (χ2v) is 5.78.